The Labute approximate surface area is 111 Å². The van der Waals surface area contributed by atoms with Gasteiger partial charge in [0.05, 0.1) is 12.0 Å². The van der Waals surface area contributed by atoms with Crippen molar-refractivity contribution in [3.05, 3.63) is 16.4 Å². The Bertz CT molecular complexity index is 439. The van der Waals surface area contributed by atoms with E-state index in [1.54, 1.807) is 0 Å². The highest BCUT2D eigenvalue weighted by atomic mass is 16.6. The van der Waals surface area contributed by atoms with Crippen molar-refractivity contribution in [2.45, 2.75) is 26.3 Å². The van der Waals surface area contributed by atoms with E-state index in [9.17, 15) is 10.1 Å². The lowest BCUT2D eigenvalue weighted by atomic mass is 10.0. The number of rotatable bonds is 7. The first-order chi connectivity index (χ1) is 9.01. The summed E-state index contributed by atoms with van der Waals surface area (Å²) in [6.45, 7) is 3.90. The quantitative estimate of drug-likeness (QED) is 0.566. The normalized spacial score (nSPS) is 12.3. The molecule has 0 fully saturated rings. The second-order valence-corrected chi connectivity index (χ2v) is 4.34. The number of nitrogens with one attached hydrogen (secondary N) is 1. The predicted molar refractivity (Wildman–Crippen MR) is 69.2 cm³/mol. The molecule has 0 spiro atoms. The molecule has 8 nitrogen and oxygen atoms in total. The highest BCUT2D eigenvalue weighted by Gasteiger charge is 2.26. The van der Waals surface area contributed by atoms with Crippen molar-refractivity contribution in [3.63, 3.8) is 0 Å². The van der Waals surface area contributed by atoms with E-state index in [1.165, 1.54) is 13.4 Å². The molecular formula is C11H18N4O4. The highest BCUT2D eigenvalue weighted by Crippen LogP contribution is 2.31. The number of anilines is 1. The van der Waals surface area contributed by atoms with Crippen LogP contribution in [0.2, 0.25) is 0 Å². The molecule has 8 heteroatoms. The molecule has 0 aliphatic rings. The number of nitro groups is 1. The van der Waals surface area contributed by atoms with Gasteiger partial charge in [-0.25, -0.2) is 4.98 Å². The third-order valence-corrected chi connectivity index (χ3v) is 2.73. The van der Waals surface area contributed by atoms with Crippen LogP contribution in [0.5, 0.6) is 5.88 Å². The number of hydrogen-bond donors (Lipinski definition) is 2. The van der Waals surface area contributed by atoms with E-state index in [2.05, 4.69) is 15.3 Å². The Balaban J connectivity index is 3.08. The molecule has 0 aliphatic heterocycles. The van der Waals surface area contributed by atoms with Crippen LogP contribution in [0.25, 0.3) is 0 Å². The summed E-state index contributed by atoms with van der Waals surface area (Å²) in [5, 5.41) is 23.0. The molecule has 0 aromatic carbocycles. The molecule has 0 saturated carbocycles. The van der Waals surface area contributed by atoms with Gasteiger partial charge in [0.2, 0.25) is 5.82 Å². The number of hydrogen-bond acceptors (Lipinski definition) is 7. The largest absolute Gasteiger partial charge is 0.476 e. The maximum absolute atomic E-state index is 11.1. The first kappa shape index (κ1) is 15.1. The summed E-state index contributed by atoms with van der Waals surface area (Å²) in [5.74, 6) is 0.200. The van der Waals surface area contributed by atoms with Crippen molar-refractivity contribution in [2.24, 2.45) is 5.92 Å². The maximum Gasteiger partial charge on any atom is 0.372 e. The molecule has 106 valence electrons. The second-order valence-electron chi connectivity index (χ2n) is 4.34. The monoisotopic (exact) mass is 270 g/mol. The molecule has 1 atom stereocenters. The fraction of sp³-hybridized carbons (Fsp3) is 0.636. The molecule has 0 amide bonds. The number of methoxy groups -OCH3 is 1. The van der Waals surface area contributed by atoms with Crippen LogP contribution in [0.3, 0.4) is 0 Å². The number of aromatic nitrogens is 2. The fourth-order valence-corrected chi connectivity index (χ4v) is 1.67. The Kier molecular flexibility index (Phi) is 5.43. The number of aliphatic hydroxyl groups excluding tert-OH is 1. The standard InChI is InChI=1S/C11H18N4O4/c1-7(2)8(4-5-16)14-10-9(15(17)18)11(19-3)13-6-12-10/h6-8,16H,4-5H2,1-3H3,(H,12,13,14). The van der Waals surface area contributed by atoms with Gasteiger partial charge in [0, 0.05) is 12.6 Å². The van der Waals surface area contributed by atoms with Gasteiger partial charge in [0.1, 0.15) is 6.33 Å². The van der Waals surface area contributed by atoms with Crippen molar-refractivity contribution in [3.8, 4) is 5.88 Å². The Morgan fingerprint density at radius 2 is 2.21 bits per heavy atom. The zero-order chi connectivity index (χ0) is 14.4. The summed E-state index contributed by atoms with van der Waals surface area (Å²) < 4.78 is 4.87. The van der Waals surface area contributed by atoms with Crippen LogP contribution in [0.1, 0.15) is 20.3 Å². The van der Waals surface area contributed by atoms with Crippen LogP contribution in [0, 0.1) is 16.0 Å². The van der Waals surface area contributed by atoms with Gasteiger partial charge in [-0.15, -0.1) is 0 Å². The average molecular weight is 270 g/mol. The van der Waals surface area contributed by atoms with Gasteiger partial charge < -0.3 is 15.2 Å². The summed E-state index contributed by atoms with van der Waals surface area (Å²) in [5.41, 5.74) is -0.298. The molecule has 0 aliphatic carbocycles. The lowest BCUT2D eigenvalue weighted by Crippen LogP contribution is -2.27. The molecule has 1 rings (SSSR count). The Morgan fingerprint density at radius 1 is 1.53 bits per heavy atom. The Hall–Kier alpha value is -1.96. The summed E-state index contributed by atoms with van der Waals surface area (Å²) in [6, 6.07) is -0.122. The van der Waals surface area contributed by atoms with Gasteiger partial charge in [-0.05, 0) is 12.3 Å². The molecule has 19 heavy (non-hydrogen) atoms. The predicted octanol–water partition coefficient (Wildman–Crippen LogP) is 1.21. The molecule has 1 aromatic heterocycles. The van der Waals surface area contributed by atoms with E-state index in [-0.39, 0.29) is 36.0 Å². The van der Waals surface area contributed by atoms with Crippen LogP contribution in [0.4, 0.5) is 11.5 Å². The smallest absolute Gasteiger partial charge is 0.372 e. The molecule has 0 saturated heterocycles. The van der Waals surface area contributed by atoms with Gasteiger partial charge in [-0.2, -0.15) is 4.98 Å². The zero-order valence-electron chi connectivity index (χ0n) is 11.2. The summed E-state index contributed by atoms with van der Waals surface area (Å²) in [7, 11) is 1.31. The van der Waals surface area contributed by atoms with Gasteiger partial charge in [-0.3, -0.25) is 10.1 Å². The van der Waals surface area contributed by atoms with E-state index in [4.69, 9.17) is 9.84 Å². The lowest BCUT2D eigenvalue weighted by molar-refractivity contribution is -0.385. The number of aliphatic hydroxyl groups is 1. The maximum atomic E-state index is 11.1. The van der Waals surface area contributed by atoms with Crippen molar-refractivity contribution < 1.29 is 14.8 Å². The molecule has 0 bridgehead atoms. The minimum absolute atomic E-state index is 0.00807. The highest BCUT2D eigenvalue weighted by molar-refractivity contribution is 5.61. The lowest BCUT2D eigenvalue weighted by Gasteiger charge is -2.21. The number of ether oxygens (including phenoxy) is 1. The van der Waals surface area contributed by atoms with E-state index in [0.29, 0.717) is 6.42 Å². The molecule has 0 radical (unpaired) electrons. The van der Waals surface area contributed by atoms with Crippen LogP contribution in [0.15, 0.2) is 6.33 Å². The van der Waals surface area contributed by atoms with E-state index < -0.39 is 4.92 Å². The van der Waals surface area contributed by atoms with E-state index in [1.807, 2.05) is 13.8 Å². The molecule has 1 heterocycles. The van der Waals surface area contributed by atoms with Crippen molar-refractivity contribution in [2.75, 3.05) is 19.0 Å². The van der Waals surface area contributed by atoms with Gasteiger partial charge in [0.25, 0.3) is 5.88 Å². The molecule has 1 aromatic rings. The molecule has 2 N–H and O–H groups in total. The van der Waals surface area contributed by atoms with E-state index >= 15 is 0 Å². The fourth-order valence-electron chi connectivity index (χ4n) is 1.67. The van der Waals surface area contributed by atoms with E-state index in [0.717, 1.165) is 0 Å². The van der Waals surface area contributed by atoms with Crippen LogP contribution >= 0.6 is 0 Å². The second kappa shape index (κ2) is 6.83. The van der Waals surface area contributed by atoms with Crippen LogP contribution in [-0.2, 0) is 0 Å². The average Bonchev–Trinajstić information content (AvgIpc) is 2.37. The third-order valence-electron chi connectivity index (χ3n) is 2.73. The minimum atomic E-state index is -0.586. The summed E-state index contributed by atoms with van der Waals surface area (Å²) >= 11 is 0. The van der Waals surface area contributed by atoms with Gasteiger partial charge in [-0.1, -0.05) is 13.8 Å². The van der Waals surface area contributed by atoms with Gasteiger partial charge in [0.15, 0.2) is 0 Å². The third kappa shape index (κ3) is 3.75. The molecule has 1 unspecified atom stereocenters. The zero-order valence-corrected chi connectivity index (χ0v) is 11.2. The van der Waals surface area contributed by atoms with Crippen molar-refractivity contribution in [1.82, 2.24) is 9.97 Å². The SMILES string of the molecule is COc1ncnc(NC(CCO)C(C)C)c1[N+](=O)[O-]. The van der Waals surface area contributed by atoms with Crippen LogP contribution in [-0.4, -0.2) is 39.8 Å². The van der Waals surface area contributed by atoms with Crippen molar-refractivity contribution in [1.29, 1.82) is 0 Å². The topological polar surface area (TPSA) is 110 Å². The summed E-state index contributed by atoms with van der Waals surface area (Å²) in [4.78, 5) is 18.1. The minimum Gasteiger partial charge on any atom is -0.476 e. The first-order valence-corrected chi connectivity index (χ1v) is 5.92. The first-order valence-electron chi connectivity index (χ1n) is 5.92. The molecular weight excluding hydrogens is 252 g/mol. The number of nitrogens with zero attached hydrogens (tertiary/aromatic N) is 3. The van der Waals surface area contributed by atoms with Crippen molar-refractivity contribution >= 4 is 11.5 Å². The van der Waals surface area contributed by atoms with Crippen LogP contribution < -0.4 is 10.1 Å². The summed E-state index contributed by atoms with van der Waals surface area (Å²) in [6.07, 6.45) is 1.67. The Morgan fingerprint density at radius 3 is 2.68 bits per heavy atom. The van der Waals surface area contributed by atoms with Gasteiger partial charge >= 0.3 is 5.69 Å².